The zero-order valence-corrected chi connectivity index (χ0v) is 10.9. The van der Waals surface area contributed by atoms with E-state index in [1.54, 1.807) is 16.9 Å². The van der Waals surface area contributed by atoms with E-state index < -0.39 is 5.97 Å². The molecular weight excluding hydrogens is 254 g/mol. The maximum Gasteiger partial charge on any atom is 0.357 e. The summed E-state index contributed by atoms with van der Waals surface area (Å²) in [6.07, 6.45) is 1.73. The fourth-order valence-electron chi connectivity index (χ4n) is 2.23. The van der Waals surface area contributed by atoms with Gasteiger partial charge in [-0.3, -0.25) is 9.67 Å². The van der Waals surface area contributed by atoms with Crippen LogP contribution in [0.4, 0.5) is 0 Å². The number of carboxylic acid groups (broad SMARTS) is 1. The van der Waals surface area contributed by atoms with Gasteiger partial charge in [0.1, 0.15) is 0 Å². The van der Waals surface area contributed by atoms with E-state index in [1.807, 2.05) is 37.3 Å². The van der Waals surface area contributed by atoms with Crippen LogP contribution >= 0.6 is 0 Å². The molecule has 2 aromatic heterocycles. The number of nitrogens with zero attached hydrogens (tertiary/aromatic N) is 3. The molecule has 100 valence electrons. The van der Waals surface area contributed by atoms with E-state index >= 15 is 0 Å². The highest BCUT2D eigenvalue weighted by atomic mass is 16.4. The quantitative estimate of drug-likeness (QED) is 0.791. The van der Waals surface area contributed by atoms with Gasteiger partial charge in [-0.05, 0) is 24.6 Å². The first-order valence-electron chi connectivity index (χ1n) is 6.26. The van der Waals surface area contributed by atoms with Crippen LogP contribution in [0.2, 0.25) is 0 Å². The third-order valence-corrected chi connectivity index (χ3v) is 3.28. The number of fused-ring (bicyclic) bond motifs is 1. The van der Waals surface area contributed by atoms with Gasteiger partial charge in [0.2, 0.25) is 0 Å². The predicted octanol–water partition coefficient (Wildman–Crippen LogP) is 2.49. The topological polar surface area (TPSA) is 68.0 Å². The summed E-state index contributed by atoms with van der Waals surface area (Å²) in [6, 6.07) is 11.2. The first-order valence-corrected chi connectivity index (χ1v) is 6.26. The second kappa shape index (κ2) is 4.77. The van der Waals surface area contributed by atoms with E-state index in [4.69, 9.17) is 0 Å². The Morgan fingerprint density at radius 2 is 2.05 bits per heavy atom. The van der Waals surface area contributed by atoms with Crippen LogP contribution in [-0.4, -0.2) is 25.8 Å². The highest BCUT2D eigenvalue weighted by molar-refractivity contribution is 6.01. The van der Waals surface area contributed by atoms with Gasteiger partial charge in [0.15, 0.2) is 5.69 Å². The molecule has 0 atom stereocenters. The van der Waals surface area contributed by atoms with Crippen molar-refractivity contribution in [3.8, 4) is 0 Å². The molecule has 1 N–H and O–H groups in total. The van der Waals surface area contributed by atoms with Crippen molar-refractivity contribution in [1.29, 1.82) is 0 Å². The molecule has 0 aliphatic rings. The van der Waals surface area contributed by atoms with E-state index in [9.17, 15) is 9.90 Å². The molecule has 3 aromatic rings. The second-order valence-corrected chi connectivity index (χ2v) is 4.60. The number of aromatic nitrogens is 3. The van der Waals surface area contributed by atoms with Crippen LogP contribution < -0.4 is 0 Å². The van der Waals surface area contributed by atoms with Gasteiger partial charge in [-0.2, -0.15) is 5.10 Å². The molecule has 0 amide bonds. The van der Waals surface area contributed by atoms with Gasteiger partial charge in [0.05, 0.1) is 17.8 Å². The minimum atomic E-state index is -1.02. The number of hydrogen-bond acceptors (Lipinski definition) is 3. The number of aromatic carboxylic acids is 1. The third kappa shape index (κ3) is 2.03. The van der Waals surface area contributed by atoms with Crippen LogP contribution in [0.3, 0.4) is 0 Å². The SMILES string of the molecule is Cc1cccnc1Cn1nc(C(=O)O)c2ccccc21. The highest BCUT2D eigenvalue weighted by Gasteiger charge is 2.16. The first-order chi connectivity index (χ1) is 9.66. The number of carboxylic acids is 1. The molecule has 0 radical (unpaired) electrons. The molecule has 20 heavy (non-hydrogen) atoms. The number of pyridine rings is 1. The highest BCUT2D eigenvalue weighted by Crippen LogP contribution is 2.19. The van der Waals surface area contributed by atoms with Crippen LogP contribution in [0.25, 0.3) is 10.9 Å². The number of hydrogen-bond donors (Lipinski definition) is 1. The summed E-state index contributed by atoms with van der Waals surface area (Å²) in [5.41, 5.74) is 2.82. The number of benzene rings is 1. The zero-order valence-electron chi connectivity index (χ0n) is 10.9. The van der Waals surface area contributed by atoms with Gasteiger partial charge in [0.25, 0.3) is 0 Å². The summed E-state index contributed by atoms with van der Waals surface area (Å²) < 4.78 is 1.69. The molecule has 0 aliphatic heterocycles. The largest absolute Gasteiger partial charge is 0.476 e. The second-order valence-electron chi connectivity index (χ2n) is 4.60. The van der Waals surface area contributed by atoms with E-state index in [1.165, 1.54) is 0 Å². The number of carbonyl (C=O) groups is 1. The smallest absolute Gasteiger partial charge is 0.357 e. The number of aryl methyl sites for hydroxylation is 1. The minimum absolute atomic E-state index is 0.0779. The van der Waals surface area contributed by atoms with Crippen LogP contribution in [0, 0.1) is 6.92 Å². The molecule has 0 fully saturated rings. The summed E-state index contributed by atoms with van der Waals surface area (Å²) >= 11 is 0. The summed E-state index contributed by atoms with van der Waals surface area (Å²) in [7, 11) is 0. The van der Waals surface area contributed by atoms with Gasteiger partial charge >= 0.3 is 5.97 Å². The van der Waals surface area contributed by atoms with Gasteiger partial charge in [-0.1, -0.05) is 24.3 Å². The lowest BCUT2D eigenvalue weighted by molar-refractivity contribution is 0.0691. The molecule has 0 saturated carbocycles. The Labute approximate surface area is 115 Å². The van der Waals surface area contributed by atoms with Crippen LogP contribution in [0.1, 0.15) is 21.7 Å². The molecule has 3 rings (SSSR count). The molecule has 0 aliphatic carbocycles. The lowest BCUT2D eigenvalue weighted by atomic mass is 10.2. The fraction of sp³-hybridized carbons (Fsp3) is 0.133. The van der Waals surface area contributed by atoms with Crippen molar-refractivity contribution in [3.63, 3.8) is 0 Å². The molecule has 0 bridgehead atoms. The number of para-hydroxylation sites is 1. The Hall–Kier alpha value is -2.69. The van der Waals surface area contributed by atoms with Crippen molar-refractivity contribution >= 4 is 16.9 Å². The molecule has 2 heterocycles. The van der Waals surface area contributed by atoms with Crippen LogP contribution in [0.5, 0.6) is 0 Å². The van der Waals surface area contributed by atoms with Crippen LogP contribution in [-0.2, 0) is 6.54 Å². The van der Waals surface area contributed by atoms with E-state index in [0.29, 0.717) is 11.9 Å². The third-order valence-electron chi connectivity index (χ3n) is 3.28. The standard InChI is InChI=1S/C15H13N3O2/c1-10-5-4-8-16-12(10)9-18-13-7-3-2-6-11(13)14(17-18)15(19)20/h2-8H,9H2,1H3,(H,19,20). The van der Waals surface area contributed by atoms with Crippen molar-refractivity contribution in [2.24, 2.45) is 0 Å². The average molecular weight is 267 g/mol. The Balaban J connectivity index is 2.13. The van der Waals surface area contributed by atoms with Crippen LogP contribution in [0.15, 0.2) is 42.6 Å². The van der Waals surface area contributed by atoms with E-state index in [0.717, 1.165) is 16.8 Å². The van der Waals surface area contributed by atoms with Gasteiger partial charge in [-0.25, -0.2) is 4.79 Å². The van der Waals surface area contributed by atoms with Crippen molar-refractivity contribution in [1.82, 2.24) is 14.8 Å². The minimum Gasteiger partial charge on any atom is -0.476 e. The predicted molar refractivity (Wildman–Crippen MR) is 74.8 cm³/mol. The van der Waals surface area contributed by atoms with Crippen molar-refractivity contribution < 1.29 is 9.90 Å². The molecular formula is C15H13N3O2. The molecule has 5 nitrogen and oxygen atoms in total. The summed E-state index contributed by atoms with van der Waals surface area (Å²) in [5.74, 6) is -1.02. The average Bonchev–Trinajstić information content (AvgIpc) is 2.81. The molecule has 1 aromatic carbocycles. The Morgan fingerprint density at radius 3 is 2.80 bits per heavy atom. The van der Waals surface area contributed by atoms with Gasteiger partial charge in [0, 0.05) is 11.6 Å². The zero-order chi connectivity index (χ0) is 14.1. The maximum atomic E-state index is 11.3. The molecule has 0 saturated heterocycles. The normalized spacial score (nSPS) is 10.8. The van der Waals surface area contributed by atoms with Crippen molar-refractivity contribution in [2.75, 3.05) is 0 Å². The molecule has 5 heteroatoms. The molecule has 0 spiro atoms. The number of rotatable bonds is 3. The summed E-state index contributed by atoms with van der Waals surface area (Å²) in [4.78, 5) is 15.6. The Kier molecular flexibility index (Phi) is 2.95. The Bertz CT molecular complexity index is 793. The van der Waals surface area contributed by atoms with E-state index in [-0.39, 0.29) is 5.69 Å². The first kappa shape index (κ1) is 12.3. The van der Waals surface area contributed by atoms with Gasteiger partial charge < -0.3 is 5.11 Å². The lowest BCUT2D eigenvalue weighted by Crippen LogP contribution is -2.07. The lowest BCUT2D eigenvalue weighted by Gasteiger charge is -2.05. The van der Waals surface area contributed by atoms with Gasteiger partial charge in [-0.15, -0.1) is 0 Å². The van der Waals surface area contributed by atoms with Crippen molar-refractivity contribution in [2.45, 2.75) is 13.5 Å². The monoisotopic (exact) mass is 267 g/mol. The van der Waals surface area contributed by atoms with Crippen molar-refractivity contribution in [3.05, 3.63) is 59.5 Å². The summed E-state index contributed by atoms with van der Waals surface area (Å²) in [5, 5.41) is 14.1. The summed E-state index contributed by atoms with van der Waals surface area (Å²) in [6.45, 7) is 2.44. The Morgan fingerprint density at radius 1 is 1.25 bits per heavy atom. The maximum absolute atomic E-state index is 11.3. The fourth-order valence-corrected chi connectivity index (χ4v) is 2.23. The van der Waals surface area contributed by atoms with E-state index in [2.05, 4.69) is 10.1 Å². The molecule has 0 unspecified atom stereocenters.